The summed E-state index contributed by atoms with van der Waals surface area (Å²) < 4.78 is 40.2. The Morgan fingerprint density at radius 3 is 2.57 bits per heavy atom. The Hall–Kier alpha value is -1.23. The first-order chi connectivity index (χ1) is 10.4. The number of nitrogens with zero attached hydrogens (tertiary/aromatic N) is 1. The molecule has 0 radical (unpaired) electrons. The quantitative estimate of drug-likeness (QED) is 0.344. The molecule has 0 bridgehead atoms. The number of hydrogen-bond acceptors (Lipinski definition) is 7. The van der Waals surface area contributed by atoms with Crippen molar-refractivity contribution < 1.29 is 32.0 Å². The van der Waals surface area contributed by atoms with Crippen molar-refractivity contribution in [1.29, 1.82) is 0 Å². The minimum absolute atomic E-state index is 0.0256. The first kappa shape index (κ1) is 19.8. The summed E-state index contributed by atoms with van der Waals surface area (Å²) in [6, 6.07) is -1.17. The number of nitrogens with two attached hydrogens (primary N) is 1. The van der Waals surface area contributed by atoms with E-state index in [2.05, 4.69) is 0 Å². The molecule has 0 saturated carbocycles. The Bertz CT molecular complexity index is 541. The van der Waals surface area contributed by atoms with Crippen molar-refractivity contribution in [1.82, 2.24) is 4.90 Å². The van der Waals surface area contributed by atoms with Gasteiger partial charge in [-0.1, -0.05) is 0 Å². The lowest BCUT2D eigenvalue weighted by molar-refractivity contribution is -0.159. The minimum Gasteiger partial charge on any atom is -0.459 e. The maximum atomic E-state index is 12.0. The van der Waals surface area contributed by atoms with Gasteiger partial charge in [-0.25, -0.2) is 0 Å². The van der Waals surface area contributed by atoms with Crippen molar-refractivity contribution >= 4 is 22.0 Å². The second-order valence-corrected chi connectivity index (χ2v) is 7.98. The van der Waals surface area contributed by atoms with Crippen molar-refractivity contribution in [3.8, 4) is 0 Å². The van der Waals surface area contributed by atoms with Crippen molar-refractivity contribution in [3.05, 3.63) is 0 Å². The largest absolute Gasteiger partial charge is 0.459 e. The number of esters is 1. The maximum absolute atomic E-state index is 12.0. The molecule has 1 aliphatic heterocycles. The highest BCUT2D eigenvalue weighted by atomic mass is 32.2. The SMILES string of the molecule is CC(C)(C)OC(=O)CN1C(=O)[C@@H](N)C[C@H]1COCCS(=O)(=O)O. The van der Waals surface area contributed by atoms with Crippen LogP contribution in [0.15, 0.2) is 0 Å². The highest BCUT2D eigenvalue weighted by Gasteiger charge is 2.39. The zero-order valence-electron chi connectivity index (χ0n) is 13.5. The van der Waals surface area contributed by atoms with Crippen LogP contribution in [0.2, 0.25) is 0 Å². The van der Waals surface area contributed by atoms with Gasteiger partial charge >= 0.3 is 5.97 Å². The molecule has 1 amide bonds. The van der Waals surface area contributed by atoms with Crippen LogP contribution < -0.4 is 5.73 Å². The van der Waals surface area contributed by atoms with Crippen LogP contribution >= 0.6 is 0 Å². The molecule has 9 nitrogen and oxygen atoms in total. The van der Waals surface area contributed by atoms with Gasteiger partial charge in [0.2, 0.25) is 5.91 Å². The molecule has 0 aromatic rings. The highest BCUT2D eigenvalue weighted by Crippen LogP contribution is 2.19. The van der Waals surface area contributed by atoms with E-state index in [0.717, 1.165) is 0 Å². The van der Waals surface area contributed by atoms with E-state index in [0.29, 0.717) is 6.42 Å². The van der Waals surface area contributed by atoms with Gasteiger partial charge in [0.05, 0.1) is 31.1 Å². The zero-order valence-corrected chi connectivity index (χ0v) is 14.3. The fraction of sp³-hybridized carbons (Fsp3) is 0.846. The van der Waals surface area contributed by atoms with E-state index in [1.54, 1.807) is 20.8 Å². The predicted molar refractivity (Wildman–Crippen MR) is 81.2 cm³/mol. The molecule has 0 unspecified atom stereocenters. The van der Waals surface area contributed by atoms with Gasteiger partial charge in [-0.3, -0.25) is 14.1 Å². The third kappa shape index (κ3) is 7.25. The average molecular weight is 352 g/mol. The summed E-state index contributed by atoms with van der Waals surface area (Å²) in [6.07, 6.45) is 0.299. The first-order valence-electron chi connectivity index (χ1n) is 7.20. The summed E-state index contributed by atoms with van der Waals surface area (Å²) in [7, 11) is -4.10. The lowest BCUT2D eigenvalue weighted by Gasteiger charge is -2.26. The van der Waals surface area contributed by atoms with Gasteiger partial charge < -0.3 is 20.1 Å². The fourth-order valence-electron chi connectivity index (χ4n) is 2.18. The fourth-order valence-corrected chi connectivity index (χ4v) is 2.50. The number of likely N-dealkylation sites (tertiary alicyclic amines) is 1. The molecule has 3 N–H and O–H groups in total. The van der Waals surface area contributed by atoms with E-state index in [-0.39, 0.29) is 25.7 Å². The number of ether oxygens (including phenoxy) is 2. The van der Waals surface area contributed by atoms with E-state index < -0.39 is 39.5 Å². The molecule has 2 atom stereocenters. The standard InChI is InChI=1S/C13H24N2O7S/c1-13(2,3)22-11(16)7-15-9(6-10(14)12(15)17)8-21-4-5-23(18,19)20/h9-10H,4-8,14H2,1-3H3,(H,18,19,20)/t9-,10-/m0/s1. The Morgan fingerprint density at radius 1 is 1.43 bits per heavy atom. The molecule has 23 heavy (non-hydrogen) atoms. The van der Waals surface area contributed by atoms with Crippen molar-refractivity contribution in [3.63, 3.8) is 0 Å². The second kappa shape index (κ2) is 7.56. The molecule has 0 aromatic carbocycles. The number of carbonyl (C=O) groups excluding carboxylic acids is 2. The van der Waals surface area contributed by atoms with Crippen LogP contribution in [-0.2, 0) is 29.2 Å². The average Bonchev–Trinajstić information content (AvgIpc) is 2.59. The van der Waals surface area contributed by atoms with Crippen LogP contribution in [0.4, 0.5) is 0 Å². The summed E-state index contributed by atoms with van der Waals surface area (Å²) in [5.41, 5.74) is 5.04. The predicted octanol–water partition coefficient (Wildman–Crippen LogP) is -0.839. The Labute approximate surface area is 135 Å². The number of amides is 1. The van der Waals surface area contributed by atoms with Crippen molar-refractivity contribution in [2.24, 2.45) is 5.73 Å². The third-order valence-corrected chi connectivity index (χ3v) is 3.76. The maximum Gasteiger partial charge on any atom is 0.326 e. The van der Waals surface area contributed by atoms with Gasteiger partial charge in [-0.05, 0) is 27.2 Å². The lowest BCUT2D eigenvalue weighted by Crippen LogP contribution is -2.43. The summed E-state index contributed by atoms with van der Waals surface area (Å²) >= 11 is 0. The lowest BCUT2D eigenvalue weighted by atomic mass is 10.2. The normalized spacial score (nSPS) is 22.5. The van der Waals surface area contributed by atoms with Crippen LogP contribution in [0.3, 0.4) is 0 Å². The molecular formula is C13H24N2O7S. The summed E-state index contributed by atoms with van der Waals surface area (Å²) in [4.78, 5) is 25.2. The van der Waals surface area contributed by atoms with Gasteiger partial charge in [0.1, 0.15) is 12.1 Å². The van der Waals surface area contributed by atoms with E-state index in [1.807, 2.05) is 0 Å². The topological polar surface area (TPSA) is 136 Å². The third-order valence-electron chi connectivity index (χ3n) is 3.08. The molecular weight excluding hydrogens is 328 g/mol. The monoisotopic (exact) mass is 352 g/mol. The Morgan fingerprint density at radius 2 is 2.04 bits per heavy atom. The van der Waals surface area contributed by atoms with E-state index in [4.69, 9.17) is 19.8 Å². The number of rotatable bonds is 7. The van der Waals surface area contributed by atoms with E-state index >= 15 is 0 Å². The van der Waals surface area contributed by atoms with Gasteiger partial charge in [-0.15, -0.1) is 0 Å². The van der Waals surface area contributed by atoms with Gasteiger partial charge in [0.25, 0.3) is 10.1 Å². The Balaban J connectivity index is 2.56. The van der Waals surface area contributed by atoms with Crippen LogP contribution in [0.1, 0.15) is 27.2 Å². The van der Waals surface area contributed by atoms with Gasteiger partial charge in [0, 0.05) is 0 Å². The van der Waals surface area contributed by atoms with Gasteiger partial charge in [-0.2, -0.15) is 8.42 Å². The molecule has 1 fully saturated rings. The summed E-state index contributed by atoms with van der Waals surface area (Å²) in [6.45, 7) is 4.74. The first-order valence-corrected chi connectivity index (χ1v) is 8.81. The molecule has 0 spiro atoms. The Kier molecular flexibility index (Phi) is 6.51. The molecule has 10 heteroatoms. The van der Waals surface area contributed by atoms with Gasteiger partial charge in [0.15, 0.2) is 0 Å². The van der Waals surface area contributed by atoms with Crippen LogP contribution in [0.5, 0.6) is 0 Å². The number of hydrogen-bond donors (Lipinski definition) is 2. The number of carbonyl (C=O) groups is 2. The van der Waals surface area contributed by atoms with Crippen LogP contribution in [0.25, 0.3) is 0 Å². The smallest absolute Gasteiger partial charge is 0.326 e. The molecule has 1 saturated heterocycles. The minimum atomic E-state index is -4.10. The molecule has 0 aromatic heterocycles. The van der Waals surface area contributed by atoms with E-state index in [1.165, 1.54) is 4.90 Å². The summed E-state index contributed by atoms with van der Waals surface area (Å²) in [5, 5.41) is 0. The molecule has 134 valence electrons. The van der Waals surface area contributed by atoms with Crippen molar-refractivity contribution in [2.75, 3.05) is 25.5 Å². The van der Waals surface area contributed by atoms with Crippen LogP contribution in [0, 0.1) is 0 Å². The molecule has 1 rings (SSSR count). The molecule has 1 aliphatic rings. The molecule has 0 aliphatic carbocycles. The summed E-state index contributed by atoms with van der Waals surface area (Å²) in [5.74, 6) is -1.46. The van der Waals surface area contributed by atoms with Crippen molar-refractivity contribution in [2.45, 2.75) is 44.9 Å². The molecule has 1 heterocycles. The van der Waals surface area contributed by atoms with E-state index in [9.17, 15) is 18.0 Å². The highest BCUT2D eigenvalue weighted by molar-refractivity contribution is 7.85. The van der Waals surface area contributed by atoms with Crippen LogP contribution in [-0.4, -0.2) is 72.9 Å². The zero-order chi connectivity index (χ0) is 17.8. The second-order valence-electron chi connectivity index (χ2n) is 6.41.